The molecule has 0 spiro atoms. The average Bonchev–Trinajstić information content (AvgIpc) is 2.21. The lowest BCUT2D eigenvalue weighted by Crippen LogP contribution is -2.00. The molecule has 0 aliphatic rings. The van der Waals surface area contributed by atoms with Crippen LogP contribution in [0.25, 0.3) is 0 Å². The lowest BCUT2D eigenvalue weighted by atomic mass is 10.0. The molecule has 0 aromatic rings. The molecule has 0 aromatic heterocycles. The van der Waals surface area contributed by atoms with Gasteiger partial charge in [-0.25, -0.2) is 0 Å². The van der Waals surface area contributed by atoms with Gasteiger partial charge in [-0.2, -0.15) is 0 Å². The minimum atomic E-state index is 0.517. The molecule has 1 unspecified atom stereocenters. The quantitative estimate of drug-likeness (QED) is 0.305. The van der Waals surface area contributed by atoms with Gasteiger partial charge in [0.2, 0.25) is 0 Å². The highest BCUT2D eigenvalue weighted by atomic mass is 32.1. The molecule has 0 aliphatic carbocycles. The van der Waals surface area contributed by atoms with Crippen LogP contribution in [0.2, 0.25) is 0 Å². The van der Waals surface area contributed by atoms with Crippen molar-refractivity contribution in [3.05, 3.63) is 0 Å². The van der Waals surface area contributed by atoms with E-state index in [1.54, 1.807) is 0 Å². The second-order valence-corrected chi connectivity index (χ2v) is 5.73. The molecule has 0 aliphatic heterocycles. The molecule has 0 heterocycles. The summed E-state index contributed by atoms with van der Waals surface area (Å²) in [4.78, 5) is 0. The molecule has 0 bridgehead atoms. The van der Waals surface area contributed by atoms with Crippen LogP contribution in [0.1, 0.15) is 71.6 Å². The van der Waals surface area contributed by atoms with E-state index >= 15 is 0 Å². The number of hydrogen-bond donors (Lipinski definition) is 1. The molecular formula is C13H26S2. The van der Waals surface area contributed by atoms with Crippen LogP contribution in [0.3, 0.4) is 0 Å². The Hall–Kier alpha value is 0.440. The second-order valence-electron chi connectivity index (χ2n) is 4.50. The van der Waals surface area contributed by atoms with Crippen LogP contribution in [0.4, 0.5) is 0 Å². The zero-order chi connectivity index (χ0) is 11.5. The maximum absolute atomic E-state index is 5.03. The topological polar surface area (TPSA) is 0 Å². The number of unbranched alkanes of at least 4 members (excludes halogenated alkanes) is 7. The van der Waals surface area contributed by atoms with Gasteiger partial charge in [-0.3, -0.25) is 0 Å². The summed E-state index contributed by atoms with van der Waals surface area (Å²) in [5.41, 5.74) is 0. The summed E-state index contributed by atoms with van der Waals surface area (Å²) in [7, 11) is 0. The summed E-state index contributed by atoms with van der Waals surface area (Å²) >= 11 is 9.24. The van der Waals surface area contributed by atoms with Gasteiger partial charge in [0.05, 0.1) is 0 Å². The Morgan fingerprint density at radius 2 is 1.47 bits per heavy atom. The van der Waals surface area contributed by atoms with E-state index in [0.717, 1.165) is 4.20 Å². The van der Waals surface area contributed by atoms with E-state index in [9.17, 15) is 0 Å². The van der Waals surface area contributed by atoms with Crippen LogP contribution >= 0.6 is 24.8 Å². The highest BCUT2D eigenvalue weighted by Crippen LogP contribution is 2.15. The first-order valence-corrected chi connectivity index (χ1v) is 7.26. The van der Waals surface area contributed by atoms with E-state index in [2.05, 4.69) is 26.5 Å². The molecule has 2 heteroatoms. The predicted molar refractivity (Wildman–Crippen MR) is 78.0 cm³/mol. The SMILES string of the molecule is CCCCCCCCCCC(C)C(=S)S. The molecule has 0 saturated heterocycles. The van der Waals surface area contributed by atoms with Crippen molar-refractivity contribution < 1.29 is 0 Å². The highest BCUT2D eigenvalue weighted by molar-refractivity contribution is 8.11. The van der Waals surface area contributed by atoms with Crippen molar-refractivity contribution in [2.45, 2.75) is 71.6 Å². The predicted octanol–water partition coefficient (Wildman–Crippen LogP) is 5.41. The summed E-state index contributed by atoms with van der Waals surface area (Å²) in [6, 6.07) is 0. The monoisotopic (exact) mass is 246 g/mol. The van der Waals surface area contributed by atoms with Gasteiger partial charge in [0.15, 0.2) is 0 Å². The summed E-state index contributed by atoms with van der Waals surface area (Å²) in [6.45, 7) is 4.44. The number of rotatable bonds is 10. The number of thiol groups is 1. The molecule has 0 radical (unpaired) electrons. The van der Waals surface area contributed by atoms with Gasteiger partial charge in [0, 0.05) is 4.20 Å². The Bertz CT molecular complexity index is 155. The number of hydrogen-bond acceptors (Lipinski definition) is 1. The first kappa shape index (κ1) is 15.4. The largest absolute Gasteiger partial charge is 0.136 e. The Morgan fingerprint density at radius 1 is 1.00 bits per heavy atom. The van der Waals surface area contributed by atoms with Crippen LogP contribution in [-0.4, -0.2) is 4.20 Å². The third-order valence-corrected chi connectivity index (χ3v) is 3.76. The molecule has 0 amide bonds. The van der Waals surface area contributed by atoms with E-state index in [0.29, 0.717) is 5.92 Å². The molecule has 0 saturated carbocycles. The zero-order valence-corrected chi connectivity index (χ0v) is 12.0. The molecule has 15 heavy (non-hydrogen) atoms. The smallest absolute Gasteiger partial charge is 0.0476 e. The van der Waals surface area contributed by atoms with Crippen molar-refractivity contribution in [1.29, 1.82) is 0 Å². The van der Waals surface area contributed by atoms with Gasteiger partial charge < -0.3 is 0 Å². The van der Waals surface area contributed by atoms with Crippen molar-refractivity contribution in [2.75, 3.05) is 0 Å². The number of thiocarbonyl (C=S) groups is 1. The maximum Gasteiger partial charge on any atom is 0.0476 e. The Kier molecular flexibility index (Phi) is 11.3. The standard InChI is InChI=1S/C13H26S2/c1-3-4-5-6-7-8-9-10-11-12(2)13(14)15/h12H,3-11H2,1-2H3,(H,14,15). The zero-order valence-electron chi connectivity index (χ0n) is 10.3. The van der Waals surface area contributed by atoms with Gasteiger partial charge in [0.25, 0.3) is 0 Å². The summed E-state index contributed by atoms with van der Waals surface area (Å²) in [6.07, 6.45) is 12.3. The van der Waals surface area contributed by atoms with Crippen molar-refractivity contribution >= 4 is 29.0 Å². The van der Waals surface area contributed by atoms with E-state index in [4.69, 9.17) is 12.2 Å². The lowest BCUT2D eigenvalue weighted by Gasteiger charge is -2.08. The molecule has 0 rings (SSSR count). The average molecular weight is 246 g/mol. The van der Waals surface area contributed by atoms with Gasteiger partial charge in [-0.15, -0.1) is 12.6 Å². The van der Waals surface area contributed by atoms with Crippen molar-refractivity contribution in [3.8, 4) is 0 Å². The van der Waals surface area contributed by atoms with Gasteiger partial charge in [-0.05, 0) is 12.3 Å². The fourth-order valence-corrected chi connectivity index (χ4v) is 1.95. The fraction of sp³-hybridized carbons (Fsp3) is 0.923. The van der Waals surface area contributed by atoms with Gasteiger partial charge in [0.1, 0.15) is 0 Å². The van der Waals surface area contributed by atoms with Crippen molar-refractivity contribution in [3.63, 3.8) is 0 Å². The Balaban J connectivity index is 3.08. The maximum atomic E-state index is 5.03. The third kappa shape index (κ3) is 10.7. The summed E-state index contributed by atoms with van der Waals surface area (Å²) in [5.74, 6) is 0.517. The van der Waals surface area contributed by atoms with Crippen molar-refractivity contribution in [2.24, 2.45) is 5.92 Å². The molecule has 0 aromatic carbocycles. The Morgan fingerprint density at radius 3 is 1.93 bits per heavy atom. The van der Waals surface area contributed by atoms with Crippen LogP contribution in [-0.2, 0) is 0 Å². The minimum Gasteiger partial charge on any atom is -0.136 e. The normalized spacial score (nSPS) is 12.7. The lowest BCUT2D eigenvalue weighted by molar-refractivity contribution is 0.546. The fourth-order valence-electron chi connectivity index (χ4n) is 1.71. The Labute approximate surface area is 107 Å². The minimum absolute atomic E-state index is 0.517. The summed E-state index contributed by atoms with van der Waals surface area (Å²) in [5, 5.41) is 0. The molecule has 0 nitrogen and oxygen atoms in total. The molecule has 1 atom stereocenters. The highest BCUT2D eigenvalue weighted by Gasteiger charge is 2.03. The molecule has 0 N–H and O–H groups in total. The van der Waals surface area contributed by atoms with E-state index in [-0.39, 0.29) is 0 Å². The van der Waals surface area contributed by atoms with E-state index in [1.807, 2.05) is 0 Å². The third-order valence-electron chi connectivity index (χ3n) is 2.91. The second kappa shape index (κ2) is 10.9. The van der Waals surface area contributed by atoms with Crippen LogP contribution < -0.4 is 0 Å². The van der Waals surface area contributed by atoms with Gasteiger partial charge >= 0.3 is 0 Å². The first-order chi connectivity index (χ1) is 7.18. The van der Waals surface area contributed by atoms with E-state index < -0.39 is 0 Å². The van der Waals surface area contributed by atoms with Crippen LogP contribution in [0.5, 0.6) is 0 Å². The summed E-state index contributed by atoms with van der Waals surface area (Å²) < 4.78 is 0.873. The van der Waals surface area contributed by atoms with Crippen LogP contribution in [0.15, 0.2) is 0 Å². The van der Waals surface area contributed by atoms with Gasteiger partial charge in [-0.1, -0.05) is 77.4 Å². The van der Waals surface area contributed by atoms with E-state index in [1.165, 1.54) is 57.8 Å². The molecule has 0 fully saturated rings. The first-order valence-electron chi connectivity index (χ1n) is 6.41. The molecule has 90 valence electrons. The molecular weight excluding hydrogens is 220 g/mol. The van der Waals surface area contributed by atoms with Crippen molar-refractivity contribution in [1.82, 2.24) is 0 Å². The van der Waals surface area contributed by atoms with Crippen LogP contribution in [0, 0.1) is 5.92 Å².